The minimum Gasteiger partial charge on any atom is -0.323 e. The zero-order chi connectivity index (χ0) is 14.0. The highest BCUT2D eigenvalue weighted by molar-refractivity contribution is 6.30. The number of aryl methyl sites for hydroxylation is 1. The highest BCUT2D eigenvalue weighted by atomic mass is 35.5. The van der Waals surface area contributed by atoms with Crippen LogP contribution in [0.4, 0.5) is 11.6 Å². The van der Waals surface area contributed by atoms with Crippen LogP contribution in [-0.2, 0) is 0 Å². The Morgan fingerprint density at radius 2 is 2.11 bits per heavy atom. The molecule has 2 aromatic heterocycles. The number of nitrogens with zero attached hydrogens (tertiary/aromatic N) is 3. The van der Waals surface area contributed by atoms with Gasteiger partial charge in [0.1, 0.15) is 17.0 Å². The van der Waals surface area contributed by atoms with Crippen molar-refractivity contribution >= 4 is 23.2 Å². The Bertz CT molecular complexity index is 639. The Balaban J connectivity index is 2.40. The number of anilines is 2. The summed E-state index contributed by atoms with van der Waals surface area (Å²) in [4.78, 5) is 4.17. The molecule has 19 heavy (non-hydrogen) atoms. The van der Waals surface area contributed by atoms with Gasteiger partial charge in [-0.05, 0) is 24.5 Å². The molecule has 2 heterocycles. The average molecular weight is 276 g/mol. The summed E-state index contributed by atoms with van der Waals surface area (Å²) in [7, 11) is 0. The smallest absolute Gasteiger partial charge is 0.153 e. The van der Waals surface area contributed by atoms with Crippen LogP contribution < -0.4 is 5.32 Å². The molecule has 0 saturated carbocycles. The minimum atomic E-state index is 0.191. The molecule has 2 N–H and O–H groups in total. The van der Waals surface area contributed by atoms with Gasteiger partial charge in [0, 0.05) is 11.8 Å². The van der Waals surface area contributed by atoms with E-state index < -0.39 is 0 Å². The van der Waals surface area contributed by atoms with Gasteiger partial charge >= 0.3 is 0 Å². The molecule has 0 atom stereocenters. The molecule has 0 bridgehead atoms. The molecular weight excluding hydrogens is 262 g/mol. The predicted octanol–water partition coefficient (Wildman–Crippen LogP) is 3.51. The van der Waals surface area contributed by atoms with Crippen molar-refractivity contribution in [2.24, 2.45) is 0 Å². The lowest BCUT2D eigenvalue weighted by Crippen LogP contribution is -2.01. The second-order valence-electron chi connectivity index (χ2n) is 4.59. The quantitative estimate of drug-likeness (QED) is 0.841. The van der Waals surface area contributed by atoms with Crippen LogP contribution in [-0.4, -0.2) is 15.2 Å². The molecule has 0 aliphatic carbocycles. The van der Waals surface area contributed by atoms with Gasteiger partial charge in [-0.3, -0.25) is 5.10 Å². The minimum absolute atomic E-state index is 0.191. The Kier molecular flexibility index (Phi) is 3.72. The molecule has 0 unspecified atom stereocenters. The standard InChI is InChI=1S/C13H14ClN5/c1-7(2)9-5-11(17-13(14)10(9)6-15)16-12-4-8(3)18-19-12/h4-5,7H,1-3H3,(H2,16,17,18,19). The Morgan fingerprint density at radius 1 is 1.37 bits per heavy atom. The van der Waals surface area contributed by atoms with Crippen molar-refractivity contribution < 1.29 is 0 Å². The topological polar surface area (TPSA) is 77.4 Å². The second-order valence-corrected chi connectivity index (χ2v) is 4.95. The summed E-state index contributed by atoms with van der Waals surface area (Å²) < 4.78 is 0. The van der Waals surface area contributed by atoms with Crippen molar-refractivity contribution in [1.82, 2.24) is 15.2 Å². The fourth-order valence-electron chi connectivity index (χ4n) is 1.78. The molecule has 0 saturated heterocycles. The van der Waals surface area contributed by atoms with E-state index in [-0.39, 0.29) is 11.1 Å². The second kappa shape index (κ2) is 5.29. The van der Waals surface area contributed by atoms with Gasteiger partial charge in [0.05, 0.1) is 5.56 Å². The van der Waals surface area contributed by atoms with Crippen LogP contribution in [0, 0.1) is 18.3 Å². The van der Waals surface area contributed by atoms with Crippen molar-refractivity contribution in [3.05, 3.63) is 34.1 Å². The number of aromatic nitrogens is 3. The number of nitrogens with one attached hydrogen (secondary N) is 2. The first-order valence-corrected chi connectivity index (χ1v) is 6.28. The first-order valence-electron chi connectivity index (χ1n) is 5.91. The lowest BCUT2D eigenvalue weighted by Gasteiger charge is -2.11. The molecule has 2 rings (SSSR count). The molecule has 0 aliphatic heterocycles. The summed E-state index contributed by atoms with van der Waals surface area (Å²) in [6.07, 6.45) is 0. The lowest BCUT2D eigenvalue weighted by atomic mass is 9.99. The molecule has 0 spiro atoms. The van der Waals surface area contributed by atoms with Crippen LogP contribution in [0.3, 0.4) is 0 Å². The number of hydrogen-bond acceptors (Lipinski definition) is 4. The van der Waals surface area contributed by atoms with E-state index >= 15 is 0 Å². The normalized spacial score (nSPS) is 10.5. The number of nitriles is 1. The van der Waals surface area contributed by atoms with Crippen LogP contribution in [0.15, 0.2) is 12.1 Å². The van der Waals surface area contributed by atoms with Crippen molar-refractivity contribution in [2.75, 3.05) is 5.32 Å². The van der Waals surface area contributed by atoms with Gasteiger partial charge in [0.2, 0.25) is 0 Å². The fraction of sp³-hybridized carbons (Fsp3) is 0.308. The monoisotopic (exact) mass is 275 g/mol. The maximum absolute atomic E-state index is 9.12. The molecule has 0 aromatic carbocycles. The maximum Gasteiger partial charge on any atom is 0.153 e. The molecule has 2 aromatic rings. The van der Waals surface area contributed by atoms with E-state index in [1.165, 1.54) is 0 Å². The van der Waals surface area contributed by atoms with Gasteiger partial charge in [-0.15, -0.1) is 0 Å². The summed E-state index contributed by atoms with van der Waals surface area (Å²) in [6.45, 7) is 5.93. The third-order valence-corrected chi connectivity index (χ3v) is 2.98. The fourth-order valence-corrected chi connectivity index (χ4v) is 2.02. The van der Waals surface area contributed by atoms with E-state index in [4.69, 9.17) is 16.9 Å². The molecule has 0 fully saturated rings. The largest absolute Gasteiger partial charge is 0.323 e. The zero-order valence-electron chi connectivity index (χ0n) is 11.0. The molecule has 5 nitrogen and oxygen atoms in total. The van der Waals surface area contributed by atoms with Gasteiger partial charge in [-0.25, -0.2) is 4.98 Å². The first kappa shape index (κ1) is 13.4. The van der Waals surface area contributed by atoms with Crippen molar-refractivity contribution in [2.45, 2.75) is 26.7 Å². The van der Waals surface area contributed by atoms with Crippen LogP contribution in [0.25, 0.3) is 0 Å². The number of halogens is 1. The van der Waals surface area contributed by atoms with Crippen molar-refractivity contribution in [1.29, 1.82) is 5.26 Å². The van der Waals surface area contributed by atoms with Gasteiger partial charge in [-0.1, -0.05) is 25.4 Å². The van der Waals surface area contributed by atoms with Crippen LogP contribution in [0.2, 0.25) is 5.15 Å². The van der Waals surface area contributed by atoms with E-state index in [1.54, 1.807) is 0 Å². The summed E-state index contributed by atoms with van der Waals surface area (Å²) in [5.74, 6) is 1.44. The lowest BCUT2D eigenvalue weighted by molar-refractivity contribution is 0.859. The predicted molar refractivity (Wildman–Crippen MR) is 74.7 cm³/mol. The number of hydrogen-bond donors (Lipinski definition) is 2. The third kappa shape index (κ3) is 2.85. The van der Waals surface area contributed by atoms with E-state index in [9.17, 15) is 0 Å². The zero-order valence-corrected chi connectivity index (χ0v) is 11.7. The van der Waals surface area contributed by atoms with Crippen LogP contribution in [0.5, 0.6) is 0 Å². The summed E-state index contributed by atoms with van der Waals surface area (Å²) in [6, 6.07) is 5.79. The van der Waals surface area contributed by atoms with Gasteiger partial charge < -0.3 is 5.32 Å². The van der Waals surface area contributed by atoms with E-state index in [0.717, 1.165) is 11.3 Å². The van der Waals surface area contributed by atoms with Gasteiger partial charge in [-0.2, -0.15) is 10.4 Å². The Hall–Kier alpha value is -2.06. The third-order valence-electron chi connectivity index (χ3n) is 2.70. The van der Waals surface area contributed by atoms with Gasteiger partial charge in [0.15, 0.2) is 5.82 Å². The highest BCUT2D eigenvalue weighted by Crippen LogP contribution is 2.28. The van der Waals surface area contributed by atoms with Crippen molar-refractivity contribution in [3.8, 4) is 6.07 Å². The van der Waals surface area contributed by atoms with Gasteiger partial charge in [0.25, 0.3) is 0 Å². The van der Waals surface area contributed by atoms with Crippen LogP contribution in [0.1, 0.15) is 36.6 Å². The van der Waals surface area contributed by atoms with E-state index in [2.05, 4.69) is 26.6 Å². The Labute approximate surface area is 116 Å². The number of rotatable bonds is 3. The molecule has 0 amide bonds. The highest BCUT2D eigenvalue weighted by Gasteiger charge is 2.14. The van der Waals surface area contributed by atoms with Crippen molar-refractivity contribution in [3.63, 3.8) is 0 Å². The number of H-pyrrole nitrogens is 1. The van der Waals surface area contributed by atoms with E-state index in [1.807, 2.05) is 32.9 Å². The molecule has 0 radical (unpaired) electrons. The average Bonchev–Trinajstić information content (AvgIpc) is 2.74. The summed E-state index contributed by atoms with van der Waals surface area (Å²) in [5, 5.41) is 19.3. The molecule has 98 valence electrons. The SMILES string of the molecule is Cc1cc(Nc2cc(C(C)C)c(C#N)c(Cl)n2)n[nH]1. The maximum atomic E-state index is 9.12. The number of aromatic amines is 1. The summed E-state index contributed by atoms with van der Waals surface area (Å²) >= 11 is 6.05. The molecule has 0 aliphatic rings. The van der Waals surface area contributed by atoms with Crippen LogP contribution >= 0.6 is 11.6 Å². The van der Waals surface area contributed by atoms with E-state index in [0.29, 0.717) is 17.2 Å². The molecule has 6 heteroatoms. The number of pyridine rings is 1. The first-order chi connectivity index (χ1) is 9.01. The molecular formula is C13H14ClN5. The Morgan fingerprint density at radius 3 is 2.63 bits per heavy atom. The summed E-state index contributed by atoms with van der Waals surface area (Å²) in [5.41, 5.74) is 2.25.